The fourth-order valence-electron chi connectivity index (χ4n) is 0. The molecule has 0 aliphatic carbocycles. The second-order valence-corrected chi connectivity index (χ2v) is 2.40. The molecule has 0 nitrogen and oxygen atoms in total. The minimum Gasteiger partial charge on any atom is -0.0919 e. The maximum atomic E-state index is 2.17. The zero-order chi connectivity index (χ0) is 6.99. The van der Waals surface area contributed by atoms with Crippen LogP contribution in [0.4, 0.5) is 0 Å². The van der Waals surface area contributed by atoms with Crippen molar-refractivity contribution >= 4 is 0 Å². The Morgan fingerprint density at radius 1 is 0.875 bits per heavy atom. The van der Waals surface area contributed by atoms with Crippen LogP contribution in [-0.2, 0) is 0 Å². The predicted molar refractivity (Wildman–Crippen MR) is 41.0 cm³/mol. The lowest BCUT2D eigenvalue weighted by Crippen LogP contribution is -1.66. The van der Waals surface area contributed by atoms with E-state index in [2.05, 4.69) is 20.8 Å². The van der Waals surface area contributed by atoms with Crippen LogP contribution in [0.2, 0.25) is 0 Å². The molecule has 0 heteroatoms. The van der Waals surface area contributed by atoms with E-state index in [1.54, 1.807) is 0 Å². The Morgan fingerprint density at radius 2 is 1.00 bits per heavy atom. The molecule has 0 aliphatic rings. The Kier molecular flexibility index (Phi) is 13.2. The molecule has 0 fully saturated rings. The molecule has 0 aromatic heterocycles. The van der Waals surface area contributed by atoms with Crippen molar-refractivity contribution in [2.24, 2.45) is 5.92 Å². The van der Waals surface area contributed by atoms with Crippen LogP contribution in [-0.4, -0.2) is 0 Å². The van der Waals surface area contributed by atoms with E-state index in [9.17, 15) is 0 Å². The van der Waals surface area contributed by atoms with Gasteiger partial charge in [0.25, 0.3) is 0 Å². The molecular formula is C8H18. The molecule has 0 amide bonds. The van der Waals surface area contributed by atoms with Crippen LogP contribution in [0.1, 0.15) is 34.6 Å². The van der Waals surface area contributed by atoms with Crippen molar-refractivity contribution in [1.29, 1.82) is 0 Å². The van der Waals surface area contributed by atoms with Crippen molar-refractivity contribution in [1.82, 2.24) is 0 Å². The third kappa shape index (κ3) is 236. The lowest BCUT2D eigenvalue weighted by atomic mass is 10.3. The van der Waals surface area contributed by atoms with Crippen molar-refractivity contribution in [3.8, 4) is 0 Å². The molecular weight excluding hydrogens is 96.1 g/mol. The summed E-state index contributed by atoms with van der Waals surface area (Å²) in [5, 5.41) is 0. The monoisotopic (exact) mass is 114 g/mol. The summed E-state index contributed by atoms with van der Waals surface area (Å²) in [6.45, 7) is 10.5. The molecule has 0 saturated carbocycles. The quantitative estimate of drug-likeness (QED) is 0.424. The summed E-state index contributed by atoms with van der Waals surface area (Å²) in [6, 6.07) is 0. The van der Waals surface area contributed by atoms with Crippen LogP contribution in [0, 0.1) is 5.92 Å². The smallest absolute Gasteiger partial charge is 0.0470 e. The largest absolute Gasteiger partial charge is 0.0919 e. The van der Waals surface area contributed by atoms with Crippen molar-refractivity contribution in [2.45, 2.75) is 34.6 Å². The van der Waals surface area contributed by atoms with Gasteiger partial charge in [-0.3, -0.25) is 0 Å². The molecule has 0 spiro atoms. The van der Waals surface area contributed by atoms with Crippen LogP contribution in [0.25, 0.3) is 0 Å². The summed E-state index contributed by atoms with van der Waals surface area (Å²) in [5.41, 5.74) is 0. The standard InChI is InChI=1S/C4H10.C4H8/c1-4(2)3;1-3-4-2/h4H,1-3H3;3-4H,1-2H3. The zero-order valence-corrected chi connectivity index (χ0v) is 6.73. The van der Waals surface area contributed by atoms with Crippen LogP contribution in [0.3, 0.4) is 0 Å². The summed E-state index contributed by atoms with van der Waals surface area (Å²) < 4.78 is 0. The Morgan fingerprint density at radius 3 is 1.00 bits per heavy atom. The van der Waals surface area contributed by atoms with Gasteiger partial charge in [-0.05, 0) is 19.8 Å². The van der Waals surface area contributed by atoms with Gasteiger partial charge in [-0.25, -0.2) is 0 Å². The summed E-state index contributed by atoms with van der Waals surface area (Å²) in [5.74, 6) is 0.833. The number of rotatable bonds is 0. The summed E-state index contributed by atoms with van der Waals surface area (Å²) >= 11 is 0. The highest BCUT2D eigenvalue weighted by Gasteiger charge is 1.68. The molecule has 0 unspecified atom stereocenters. The van der Waals surface area contributed by atoms with E-state index in [-0.39, 0.29) is 0 Å². The average molecular weight is 114 g/mol. The first-order chi connectivity index (χ1) is 3.65. The first-order valence-corrected chi connectivity index (χ1v) is 3.22. The molecule has 0 bridgehead atoms. The van der Waals surface area contributed by atoms with Crippen molar-refractivity contribution in [3.63, 3.8) is 0 Å². The minimum absolute atomic E-state index is 0.833. The fourth-order valence-corrected chi connectivity index (χ4v) is 0. The lowest BCUT2D eigenvalue weighted by molar-refractivity contribution is 0.737. The Labute approximate surface area is 53.6 Å². The van der Waals surface area contributed by atoms with Gasteiger partial charge in [-0.2, -0.15) is 0 Å². The third-order valence-electron chi connectivity index (χ3n) is 0.333. The topological polar surface area (TPSA) is 0 Å². The van der Waals surface area contributed by atoms with Gasteiger partial charge in [0.2, 0.25) is 0 Å². The van der Waals surface area contributed by atoms with Gasteiger partial charge in [0, 0.05) is 0 Å². The van der Waals surface area contributed by atoms with Crippen molar-refractivity contribution in [2.75, 3.05) is 0 Å². The first kappa shape index (κ1) is 10.7. The van der Waals surface area contributed by atoms with E-state index in [1.807, 2.05) is 26.0 Å². The zero-order valence-electron chi connectivity index (χ0n) is 6.73. The SMILES string of the molecule is CC(C)C.CC=CC. The second-order valence-electron chi connectivity index (χ2n) is 2.40. The number of allylic oxidation sites excluding steroid dienone is 2. The molecule has 0 aromatic carbocycles. The first-order valence-electron chi connectivity index (χ1n) is 3.22. The van der Waals surface area contributed by atoms with Crippen molar-refractivity contribution in [3.05, 3.63) is 12.2 Å². The maximum absolute atomic E-state index is 2.17. The van der Waals surface area contributed by atoms with Gasteiger partial charge in [0.1, 0.15) is 0 Å². The molecule has 0 aliphatic heterocycles. The van der Waals surface area contributed by atoms with E-state index < -0.39 is 0 Å². The minimum atomic E-state index is 0.833. The highest BCUT2D eigenvalue weighted by molar-refractivity contribution is 4.68. The van der Waals surface area contributed by atoms with Gasteiger partial charge in [0.05, 0.1) is 0 Å². The van der Waals surface area contributed by atoms with Gasteiger partial charge in [-0.1, -0.05) is 32.9 Å². The third-order valence-corrected chi connectivity index (χ3v) is 0.333. The van der Waals surface area contributed by atoms with Crippen LogP contribution in [0.5, 0.6) is 0 Å². The van der Waals surface area contributed by atoms with E-state index in [0.717, 1.165) is 5.92 Å². The second kappa shape index (κ2) is 9.88. The van der Waals surface area contributed by atoms with Crippen LogP contribution in [0.15, 0.2) is 12.2 Å². The Bertz CT molecular complexity index is 35.2. The van der Waals surface area contributed by atoms with Gasteiger partial charge in [-0.15, -0.1) is 0 Å². The molecule has 8 heavy (non-hydrogen) atoms. The van der Waals surface area contributed by atoms with E-state index in [1.165, 1.54) is 0 Å². The molecule has 0 heterocycles. The normalized spacial score (nSPS) is 9.25. The Balaban J connectivity index is 0. The molecule has 50 valence electrons. The Hall–Kier alpha value is -0.260. The molecule has 0 aromatic rings. The fraction of sp³-hybridized carbons (Fsp3) is 0.750. The molecule has 0 saturated heterocycles. The van der Waals surface area contributed by atoms with Crippen molar-refractivity contribution < 1.29 is 0 Å². The lowest BCUT2D eigenvalue weighted by Gasteiger charge is -1.79. The number of hydrogen-bond donors (Lipinski definition) is 0. The summed E-state index contributed by atoms with van der Waals surface area (Å²) in [4.78, 5) is 0. The number of hydrogen-bond acceptors (Lipinski definition) is 0. The van der Waals surface area contributed by atoms with Gasteiger partial charge < -0.3 is 0 Å². The summed E-state index contributed by atoms with van der Waals surface area (Å²) in [7, 11) is 0. The molecule has 0 radical (unpaired) electrons. The van der Waals surface area contributed by atoms with E-state index in [4.69, 9.17) is 0 Å². The van der Waals surface area contributed by atoms with E-state index >= 15 is 0 Å². The van der Waals surface area contributed by atoms with Gasteiger partial charge >= 0.3 is 0 Å². The highest BCUT2D eigenvalue weighted by Crippen LogP contribution is 1.81. The molecule has 0 N–H and O–H groups in total. The van der Waals surface area contributed by atoms with Crippen LogP contribution >= 0.6 is 0 Å². The van der Waals surface area contributed by atoms with Gasteiger partial charge in [0.15, 0.2) is 0 Å². The highest BCUT2D eigenvalue weighted by atomic mass is 13.7. The molecule has 0 rings (SSSR count). The van der Waals surface area contributed by atoms with E-state index in [0.29, 0.717) is 0 Å². The van der Waals surface area contributed by atoms with Crippen LogP contribution < -0.4 is 0 Å². The average Bonchev–Trinajstić information content (AvgIpc) is 1.65. The predicted octanol–water partition coefficient (Wildman–Crippen LogP) is 3.24. The molecule has 0 atom stereocenters. The maximum Gasteiger partial charge on any atom is -0.0470 e. The summed E-state index contributed by atoms with van der Waals surface area (Å²) in [6.07, 6.45) is 4.00.